The van der Waals surface area contributed by atoms with Gasteiger partial charge in [-0.25, -0.2) is 8.42 Å². The lowest BCUT2D eigenvalue weighted by atomic mass is 10.2. The summed E-state index contributed by atoms with van der Waals surface area (Å²) in [6.07, 6.45) is 2.84. The highest BCUT2D eigenvalue weighted by Crippen LogP contribution is 2.17. The molecule has 0 aromatic carbocycles. The summed E-state index contributed by atoms with van der Waals surface area (Å²) in [7, 11) is -1.02. The molecule has 5 nitrogen and oxygen atoms in total. The highest BCUT2D eigenvalue weighted by molar-refractivity contribution is 7.91. The lowest BCUT2D eigenvalue weighted by molar-refractivity contribution is -0.131. The highest BCUT2D eigenvalue weighted by Gasteiger charge is 2.32. The smallest absolute Gasteiger partial charge is 0.236 e. The van der Waals surface area contributed by atoms with E-state index in [0.29, 0.717) is 13.0 Å². The van der Waals surface area contributed by atoms with Gasteiger partial charge in [0.2, 0.25) is 5.91 Å². The van der Waals surface area contributed by atoms with Gasteiger partial charge in [0.1, 0.15) is 0 Å². The molecule has 1 amide bonds. The fourth-order valence-corrected chi connectivity index (χ4v) is 4.34. The van der Waals surface area contributed by atoms with Gasteiger partial charge in [0.15, 0.2) is 9.84 Å². The van der Waals surface area contributed by atoms with Crippen LogP contribution in [-0.2, 0) is 14.6 Å². The first-order chi connectivity index (χ1) is 7.98. The second-order valence-corrected chi connectivity index (χ2v) is 7.29. The summed E-state index contributed by atoms with van der Waals surface area (Å²) in [5.41, 5.74) is 0. The number of hydrogen-bond acceptors (Lipinski definition) is 4. The second kappa shape index (κ2) is 4.94. The lowest BCUT2D eigenvalue weighted by Gasteiger charge is -2.25. The van der Waals surface area contributed by atoms with Crippen molar-refractivity contribution in [1.29, 1.82) is 0 Å². The Morgan fingerprint density at radius 2 is 2.00 bits per heavy atom. The summed E-state index contributed by atoms with van der Waals surface area (Å²) >= 11 is 0. The zero-order valence-electron chi connectivity index (χ0n) is 10.3. The van der Waals surface area contributed by atoms with Gasteiger partial charge in [0.05, 0.1) is 18.1 Å². The van der Waals surface area contributed by atoms with Crippen LogP contribution in [0.4, 0.5) is 0 Å². The first-order valence-corrected chi connectivity index (χ1v) is 7.98. The van der Waals surface area contributed by atoms with Gasteiger partial charge in [-0.2, -0.15) is 0 Å². The molecule has 0 spiro atoms. The van der Waals surface area contributed by atoms with Gasteiger partial charge < -0.3 is 4.90 Å². The summed E-state index contributed by atoms with van der Waals surface area (Å²) in [4.78, 5) is 15.7. The molecule has 0 N–H and O–H groups in total. The number of sulfone groups is 1. The van der Waals surface area contributed by atoms with Crippen LogP contribution in [-0.4, -0.2) is 68.4 Å². The lowest BCUT2D eigenvalue weighted by Crippen LogP contribution is -2.42. The van der Waals surface area contributed by atoms with Crippen LogP contribution in [0.2, 0.25) is 0 Å². The molecule has 6 heteroatoms. The van der Waals surface area contributed by atoms with Crippen LogP contribution >= 0.6 is 0 Å². The third-order valence-electron chi connectivity index (χ3n) is 3.68. The molecule has 2 fully saturated rings. The first-order valence-electron chi connectivity index (χ1n) is 6.16. The number of rotatable bonds is 3. The summed E-state index contributed by atoms with van der Waals surface area (Å²) in [6.45, 7) is 2.06. The van der Waals surface area contributed by atoms with Gasteiger partial charge in [-0.05, 0) is 26.3 Å². The van der Waals surface area contributed by atoms with E-state index in [9.17, 15) is 13.2 Å². The van der Waals surface area contributed by atoms with E-state index in [-0.39, 0.29) is 23.5 Å². The predicted octanol–water partition coefficient (Wildman–Crippen LogP) is -0.272. The summed E-state index contributed by atoms with van der Waals surface area (Å²) < 4.78 is 22.7. The first kappa shape index (κ1) is 12.8. The number of carbonyl (C=O) groups excluding carboxylic acids is 1. The van der Waals surface area contributed by atoms with E-state index in [1.54, 1.807) is 0 Å². The molecule has 0 radical (unpaired) electrons. The van der Waals surface area contributed by atoms with Crippen LogP contribution in [0, 0.1) is 0 Å². The van der Waals surface area contributed by atoms with Crippen molar-refractivity contribution < 1.29 is 13.2 Å². The minimum Gasteiger partial charge on any atom is -0.342 e. The molecule has 0 aromatic heterocycles. The van der Waals surface area contributed by atoms with E-state index >= 15 is 0 Å². The molecular formula is C11H20N2O3S. The van der Waals surface area contributed by atoms with Gasteiger partial charge in [-0.15, -0.1) is 0 Å². The van der Waals surface area contributed by atoms with Crippen molar-refractivity contribution in [2.24, 2.45) is 0 Å². The minimum absolute atomic E-state index is 0.0200. The summed E-state index contributed by atoms with van der Waals surface area (Å²) in [5, 5.41) is 0. The molecule has 1 unspecified atom stereocenters. The maximum absolute atomic E-state index is 11.9. The molecule has 2 rings (SSSR count). The number of amides is 1. The fraction of sp³-hybridized carbons (Fsp3) is 0.909. The van der Waals surface area contributed by atoms with Gasteiger partial charge in [0, 0.05) is 19.1 Å². The predicted molar refractivity (Wildman–Crippen MR) is 65.5 cm³/mol. The van der Waals surface area contributed by atoms with Crippen LogP contribution < -0.4 is 0 Å². The molecule has 2 heterocycles. The normalized spacial score (nSPS) is 27.9. The topological polar surface area (TPSA) is 57.7 Å². The monoisotopic (exact) mass is 260 g/mol. The van der Waals surface area contributed by atoms with Crippen molar-refractivity contribution >= 4 is 15.7 Å². The Labute approximate surface area is 103 Å². The van der Waals surface area contributed by atoms with Crippen molar-refractivity contribution in [3.05, 3.63) is 0 Å². The Balaban J connectivity index is 1.84. The van der Waals surface area contributed by atoms with Crippen LogP contribution in [0.15, 0.2) is 0 Å². The van der Waals surface area contributed by atoms with E-state index < -0.39 is 9.84 Å². The van der Waals surface area contributed by atoms with E-state index in [1.165, 1.54) is 0 Å². The number of hydrogen-bond donors (Lipinski definition) is 0. The fourth-order valence-electron chi connectivity index (χ4n) is 2.53. The largest absolute Gasteiger partial charge is 0.342 e. The number of likely N-dealkylation sites (tertiary alicyclic amines) is 1. The second-order valence-electron chi connectivity index (χ2n) is 5.06. The molecule has 2 saturated heterocycles. The van der Waals surface area contributed by atoms with E-state index in [1.807, 2.05) is 16.8 Å². The van der Waals surface area contributed by atoms with E-state index in [0.717, 1.165) is 25.9 Å². The van der Waals surface area contributed by atoms with Crippen LogP contribution in [0.1, 0.15) is 19.3 Å². The van der Waals surface area contributed by atoms with Crippen LogP contribution in [0.3, 0.4) is 0 Å². The van der Waals surface area contributed by atoms with E-state index in [2.05, 4.69) is 0 Å². The molecule has 17 heavy (non-hydrogen) atoms. The number of nitrogens with zero attached hydrogens (tertiary/aromatic N) is 2. The quantitative estimate of drug-likeness (QED) is 0.701. The molecule has 2 aliphatic heterocycles. The van der Waals surface area contributed by atoms with E-state index in [4.69, 9.17) is 0 Å². The van der Waals surface area contributed by atoms with Crippen molar-refractivity contribution in [1.82, 2.24) is 9.80 Å². The maximum Gasteiger partial charge on any atom is 0.236 e. The standard InChI is InChI=1S/C11H20N2O3S/c1-12(10-4-7-17(15,16)9-10)8-11(14)13-5-2-3-6-13/h10H,2-9H2,1H3. The van der Waals surface area contributed by atoms with Crippen molar-refractivity contribution in [3.8, 4) is 0 Å². The van der Waals surface area contributed by atoms with Crippen LogP contribution in [0.25, 0.3) is 0 Å². The average Bonchev–Trinajstić information content (AvgIpc) is 2.86. The zero-order chi connectivity index (χ0) is 12.5. The molecular weight excluding hydrogens is 240 g/mol. The van der Waals surface area contributed by atoms with Gasteiger partial charge in [-0.1, -0.05) is 0 Å². The molecule has 0 bridgehead atoms. The molecule has 0 saturated carbocycles. The Morgan fingerprint density at radius 3 is 2.53 bits per heavy atom. The number of likely N-dealkylation sites (N-methyl/N-ethyl adjacent to an activating group) is 1. The van der Waals surface area contributed by atoms with Gasteiger partial charge in [-0.3, -0.25) is 9.69 Å². The number of carbonyl (C=O) groups is 1. The average molecular weight is 260 g/mol. The zero-order valence-corrected chi connectivity index (χ0v) is 11.1. The van der Waals surface area contributed by atoms with Gasteiger partial charge >= 0.3 is 0 Å². The molecule has 1 atom stereocenters. The third-order valence-corrected chi connectivity index (χ3v) is 5.43. The molecule has 0 aromatic rings. The van der Waals surface area contributed by atoms with Crippen molar-refractivity contribution in [2.75, 3.05) is 38.2 Å². The van der Waals surface area contributed by atoms with Gasteiger partial charge in [0.25, 0.3) is 0 Å². The Morgan fingerprint density at radius 1 is 1.35 bits per heavy atom. The Kier molecular flexibility index (Phi) is 3.73. The summed E-state index contributed by atoms with van der Waals surface area (Å²) in [5.74, 6) is 0.603. The van der Waals surface area contributed by atoms with Crippen molar-refractivity contribution in [3.63, 3.8) is 0 Å². The Bertz CT molecular complexity index is 388. The minimum atomic E-state index is -2.86. The van der Waals surface area contributed by atoms with Crippen molar-refractivity contribution in [2.45, 2.75) is 25.3 Å². The third kappa shape index (κ3) is 3.19. The SMILES string of the molecule is CN(CC(=O)N1CCCC1)C1CCS(=O)(=O)C1. The molecule has 0 aliphatic carbocycles. The Hall–Kier alpha value is -0.620. The molecule has 2 aliphatic rings. The molecule has 98 valence electrons. The maximum atomic E-state index is 11.9. The highest BCUT2D eigenvalue weighted by atomic mass is 32.2. The summed E-state index contributed by atoms with van der Waals surface area (Å²) in [6, 6.07) is 0.0200. The van der Waals surface area contributed by atoms with Crippen LogP contribution in [0.5, 0.6) is 0 Å².